The van der Waals surface area contributed by atoms with Gasteiger partial charge in [-0.05, 0) is 48.6 Å². The second-order valence-electron chi connectivity index (χ2n) is 4.83. The molecule has 3 atom stereocenters. The number of carbonyl (C=O) groups is 2. The maximum Gasteiger partial charge on any atom is 0.306 e. The fraction of sp³-hybridized carbons (Fsp3) is 0.538. The van der Waals surface area contributed by atoms with Crippen LogP contribution in [0.3, 0.4) is 0 Å². The second kappa shape index (κ2) is 5.52. The molecule has 0 spiro atoms. The van der Waals surface area contributed by atoms with Gasteiger partial charge in [0.1, 0.15) is 0 Å². The topological polar surface area (TPSA) is 66.4 Å². The van der Waals surface area contributed by atoms with Gasteiger partial charge in [0.25, 0.3) is 0 Å². The minimum absolute atomic E-state index is 0.00978. The Bertz CT molecular complexity index is 429. The van der Waals surface area contributed by atoms with Crippen LogP contribution < -0.4 is 5.32 Å². The monoisotopic (exact) mass is 267 g/mol. The van der Waals surface area contributed by atoms with Gasteiger partial charge in [-0.15, -0.1) is 0 Å². The Morgan fingerprint density at radius 3 is 2.83 bits per heavy atom. The van der Waals surface area contributed by atoms with E-state index < -0.39 is 5.97 Å². The van der Waals surface area contributed by atoms with Crippen LogP contribution >= 0.6 is 11.3 Å². The molecule has 1 aliphatic rings. The van der Waals surface area contributed by atoms with Gasteiger partial charge in [0.05, 0.1) is 11.8 Å². The molecule has 2 rings (SSSR count). The van der Waals surface area contributed by atoms with E-state index in [9.17, 15) is 9.59 Å². The lowest BCUT2D eigenvalue weighted by Gasteiger charge is -2.16. The standard InChI is InChI=1S/C13H17NO3S/c1-8(10-4-5-18-7-10)12(15)14-11-3-2-9(6-11)13(16)17/h4-5,7-9,11H,2-3,6H2,1H3,(H,14,15)(H,16,17)/t8?,9-,11+/m1/s1. The number of carbonyl (C=O) groups excluding carboxylic acids is 1. The van der Waals surface area contributed by atoms with Crippen LogP contribution in [0.1, 0.15) is 37.7 Å². The van der Waals surface area contributed by atoms with Gasteiger partial charge in [-0.3, -0.25) is 9.59 Å². The minimum Gasteiger partial charge on any atom is -0.481 e. The zero-order chi connectivity index (χ0) is 13.1. The van der Waals surface area contributed by atoms with Gasteiger partial charge in [0.15, 0.2) is 0 Å². The van der Waals surface area contributed by atoms with E-state index in [1.807, 2.05) is 23.8 Å². The molecular weight excluding hydrogens is 250 g/mol. The van der Waals surface area contributed by atoms with Crippen molar-refractivity contribution in [3.05, 3.63) is 22.4 Å². The lowest BCUT2D eigenvalue weighted by atomic mass is 10.0. The van der Waals surface area contributed by atoms with E-state index in [-0.39, 0.29) is 23.8 Å². The molecule has 0 radical (unpaired) electrons. The molecule has 2 N–H and O–H groups in total. The molecule has 1 saturated carbocycles. The van der Waals surface area contributed by atoms with Crippen molar-refractivity contribution in [1.29, 1.82) is 0 Å². The Hall–Kier alpha value is -1.36. The molecule has 1 fully saturated rings. The van der Waals surface area contributed by atoms with E-state index >= 15 is 0 Å². The Kier molecular flexibility index (Phi) is 4.01. The number of rotatable bonds is 4. The van der Waals surface area contributed by atoms with Gasteiger partial charge in [-0.2, -0.15) is 11.3 Å². The summed E-state index contributed by atoms with van der Waals surface area (Å²) in [6.45, 7) is 1.88. The molecule has 1 aromatic rings. The van der Waals surface area contributed by atoms with Crippen molar-refractivity contribution >= 4 is 23.2 Å². The molecule has 98 valence electrons. The van der Waals surface area contributed by atoms with Gasteiger partial charge < -0.3 is 10.4 Å². The summed E-state index contributed by atoms with van der Waals surface area (Å²) in [4.78, 5) is 22.9. The van der Waals surface area contributed by atoms with Crippen molar-refractivity contribution in [3.8, 4) is 0 Å². The predicted octanol–water partition coefficient (Wildman–Crippen LogP) is 2.22. The largest absolute Gasteiger partial charge is 0.481 e. The molecule has 4 nitrogen and oxygen atoms in total. The number of nitrogens with one attached hydrogen (secondary N) is 1. The van der Waals surface area contributed by atoms with Gasteiger partial charge in [0.2, 0.25) is 5.91 Å². The number of carboxylic acid groups (broad SMARTS) is 1. The van der Waals surface area contributed by atoms with Gasteiger partial charge in [-0.1, -0.05) is 0 Å². The summed E-state index contributed by atoms with van der Waals surface area (Å²) in [6.07, 6.45) is 1.98. The average molecular weight is 267 g/mol. The molecular formula is C13H17NO3S. The lowest BCUT2D eigenvalue weighted by Crippen LogP contribution is -2.36. The van der Waals surface area contributed by atoms with Crippen molar-refractivity contribution in [3.63, 3.8) is 0 Å². The fourth-order valence-corrected chi connectivity index (χ4v) is 3.09. The van der Waals surface area contributed by atoms with Crippen LogP contribution in [0.2, 0.25) is 0 Å². The minimum atomic E-state index is -0.752. The summed E-state index contributed by atoms with van der Waals surface area (Å²) in [6, 6.07) is 1.96. The van der Waals surface area contributed by atoms with Crippen LogP contribution in [0.4, 0.5) is 0 Å². The first-order valence-corrected chi connectivity index (χ1v) is 7.07. The molecule has 18 heavy (non-hydrogen) atoms. The van der Waals surface area contributed by atoms with E-state index in [2.05, 4.69) is 5.32 Å². The van der Waals surface area contributed by atoms with Crippen molar-refractivity contribution in [1.82, 2.24) is 5.32 Å². The van der Waals surface area contributed by atoms with Crippen LogP contribution in [-0.4, -0.2) is 23.0 Å². The number of aliphatic carboxylic acids is 1. The average Bonchev–Trinajstić information content (AvgIpc) is 2.98. The highest BCUT2D eigenvalue weighted by Crippen LogP contribution is 2.26. The summed E-state index contributed by atoms with van der Waals surface area (Å²) >= 11 is 1.57. The second-order valence-corrected chi connectivity index (χ2v) is 5.61. The SMILES string of the molecule is CC(C(=O)N[C@H]1CC[C@@H](C(=O)O)C1)c1ccsc1. The molecule has 1 unspecified atom stereocenters. The number of amides is 1. The number of hydrogen-bond acceptors (Lipinski definition) is 3. The Morgan fingerprint density at radius 2 is 2.28 bits per heavy atom. The first kappa shape index (κ1) is 13.1. The third-order valence-corrected chi connectivity index (χ3v) is 4.27. The highest BCUT2D eigenvalue weighted by atomic mass is 32.1. The smallest absolute Gasteiger partial charge is 0.306 e. The molecule has 0 aliphatic heterocycles. The summed E-state index contributed by atoms with van der Waals surface area (Å²) in [5.74, 6) is -1.23. The van der Waals surface area contributed by atoms with Gasteiger partial charge in [-0.25, -0.2) is 0 Å². The number of hydrogen-bond donors (Lipinski definition) is 2. The quantitative estimate of drug-likeness (QED) is 0.879. The van der Waals surface area contributed by atoms with Crippen molar-refractivity contribution < 1.29 is 14.7 Å². The Morgan fingerprint density at radius 1 is 1.50 bits per heavy atom. The maximum absolute atomic E-state index is 12.0. The highest BCUT2D eigenvalue weighted by Gasteiger charge is 2.31. The molecule has 1 aliphatic carbocycles. The summed E-state index contributed by atoms with van der Waals surface area (Å²) in [5, 5.41) is 15.8. The van der Waals surface area contributed by atoms with Gasteiger partial charge >= 0.3 is 5.97 Å². The van der Waals surface area contributed by atoms with Gasteiger partial charge in [0, 0.05) is 6.04 Å². The third-order valence-electron chi connectivity index (χ3n) is 3.56. The first-order valence-electron chi connectivity index (χ1n) is 6.13. The predicted molar refractivity (Wildman–Crippen MR) is 69.6 cm³/mol. The lowest BCUT2D eigenvalue weighted by molar-refractivity contribution is -0.141. The first-order chi connectivity index (χ1) is 8.58. The van der Waals surface area contributed by atoms with E-state index in [0.29, 0.717) is 12.8 Å². The molecule has 0 aromatic carbocycles. The number of carboxylic acids is 1. The van der Waals surface area contributed by atoms with E-state index in [1.54, 1.807) is 11.3 Å². The molecule has 0 bridgehead atoms. The molecule has 1 aromatic heterocycles. The molecule has 1 amide bonds. The summed E-state index contributed by atoms with van der Waals surface area (Å²) < 4.78 is 0. The van der Waals surface area contributed by atoms with Crippen molar-refractivity contribution in [2.45, 2.75) is 38.1 Å². The summed E-state index contributed by atoms with van der Waals surface area (Å²) in [5.41, 5.74) is 1.02. The normalized spacial score (nSPS) is 24.7. The highest BCUT2D eigenvalue weighted by molar-refractivity contribution is 7.08. The molecule has 1 heterocycles. The molecule has 0 saturated heterocycles. The maximum atomic E-state index is 12.0. The zero-order valence-corrected chi connectivity index (χ0v) is 11.1. The summed E-state index contributed by atoms with van der Waals surface area (Å²) in [7, 11) is 0. The van der Waals surface area contributed by atoms with Crippen LogP contribution in [0.25, 0.3) is 0 Å². The van der Waals surface area contributed by atoms with Crippen LogP contribution in [0.5, 0.6) is 0 Å². The number of thiophene rings is 1. The zero-order valence-electron chi connectivity index (χ0n) is 10.3. The van der Waals surface area contributed by atoms with E-state index in [0.717, 1.165) is 12.0 Å². The fourth-order valence-electron chi connectivity index (χ4n) is 2.34. The third kappa shape index (κ3) is 2.90. The van der Waals surface area contributed by atoms with Crippen LogP contribution in [0.15, 0.2) is 16.8 Å². The van der Waals surface area contributed by atoms with Crippen LogP contribution in [-0.2, 0) is 9.59 Å². The van der Waals surface area contributed by atoms with Crippen LogP contribution in [0, 0.1) is 5.92 Å². The Balaban J connectivity index is 1.87. The molecule has 5 heteroatoms. The Labute approximate surface area is 110 Å². The van der Waals surface area contributed by atoms with Crippen molar-refractivity contribution in [2.24, 2.45) is 5.92 Å². The van der Waals surface area contributed by atoms with E-state index in [1.165, 1.54) is 0 Å². The van der Waals surface area contributed by atoms with Crippen molar-refractivity contribution in [2.75, 3.05) is 0 Å². The van der Waals surface area contributed by atoms with E-state index in [4.69, 9.17) is 5.11 Å².